The van der Waals surface area contributed by atoms with E-state index in [1.807, 2.05) is 24.3 Å². The molecule has 2 aromatic carbocycles. The highest BCUT2D eigenvalue weighted by Crippen LogP contribution is 2.12. The van der Waals surface area contributed by atoms with Gasteiger partial charge >= 0.3 is 5.97 Å². The molecule has 0 radical (unpaired) electrons. The minimum Gasteiger partial charge on any atom is -0.452 e. The topological polar surface area (TPSA) is 55.4 Å². The van der Waals surface area contributed by atoms with E-state index in [0.29, 0.717) is 0 Å². The molecule has 1 N–H and O–H groups in total. The standard InChI is InChI=1S/C16H12BrF2NO3/c17-11-3-1-2-10(6-11)8-20-15(21)9-23-16(22)13-7-12(18)4-5-14(13)19/h1-7H,8-9H2,(H,20,21). The van der Waals surface area contributed by atoms with Crippen LogP contribution >= 0.6 is 15.9 Å². The number of hydrogen-bond acceptors (Lipinski definition) is 3. The summed E-state index contributed by atoms with van der Waals surface area (Å²) in [6, 6.07) is 9.74. The van der Waals surface area contributed by atoms with Crippen molar-refractivity contribution in [3.63, 3.8) is 0 Å². The maximum atomic E-state index is 13.4. The van der Waals surface area contributed by atoms with Crippen LogP contribution in [0.2, 0.25) is 0 Å². The summed E-state index contributed by atoms with van der Waals surface area (Å²) in [5.41, 5.74) is 0.306. The Hall–Kier alpha value is -2.28. The van der Waals surface area contributed by atoms with Gasteiger partial charge in [0.2, 0.25) is 0 Å². The summed E-state index contributed by atoms with van der Waals surface area (Å²) >= 11 is 3.31. The highest BCUT2D eigenvalue weighted by atomic mass is 79.9. The van der Waals surface area contributed by atoms with E-state index in [4.69, 9.17) is 0 Å². The largest absolute Gasteiger partial charge is 0.452 e. The minimum atomic E-state index is -1.10. The third-order valence-corrected chi connectivity index (χ3v) is 3.35. The van der Waals surface area contributed by atoms with E-state index in [1.165, 1.54) is 0 Å². The molecule has 0 spiro atoms. The first kappa shape index (κ1) is 17.1. The number of hydrogen-bond donors (Lipinski definition) is 1. The Balaban J connectivity index is 1.84. The van der Waals surface area contributed by atoms with Crippen LogP contribution in [0.25, 0.3) is 0 Å². The zero-order chi connectivity index (χ0) is 16.8. The lowest BCUT2D eigenvalue weighted by molar-refractivity contribution is -0.124. The van der Waals surface area contributed by atoms with Gasteiger partial charge in [0, 0.05) is 11.0 Å². The molecule has 0 aliphatic rings. The van der Waals surface area contributed by atoms with Gasteiger partial charge in [-0.3, -0.25) is 4.79 Å². The number of carbonyl (C=O) groups excluding carboxylic acids is 2. The number of rotatable bonds is 5. The van der Waals surface area contributed by atoms with E-state index >= 15 is 0 Å². The van der Waals surface area contributed by atoms with Crippen LogP contribution in [0.15, 0.2) is 46.9 Å². The molecular formula is C16H12BrF2NO3. The molecule has 0 aromatic heterocycles. The molecule has 4 nitrogen and oxygen atoms in total. The summed E-state index contributed by atoms with van der Waals surface area (Å²) in [6.45, 7) is -0.326. The average molecular weight is 384 g/mol. The Bertz CT molecular complexity index is 737. The maximum Gasteiger partial charge on any atom is 0.341 e. The van der Waals surface area contributed by atoms with Crippen molar-refractivity contribution in [2.24, 2.45) is 0 Å². The van der Waals surface area contributed by atoms with E-state index in [1.54, 1.807) is 0 Å². The minimum absolute atomic E-state index is 0.254. The van der Waals surface area contributed by atoms with Crippen molar-refractivity contribution in [1.29, 1.82) is 0 Å². The van der Waals surface area contributed by atoms with Crippen LogP contribution in [0.4, 0.5) is 8.78 Å². The maximum absolute atomic E-state index is 13.4. The smallest absolute Gasteiger partial charge is 0.341 e. The van der Waals surface area contributed by atoms with Gasteiger partial charge in [0.1, 0.15) is 11.6 Å². The number of carbonyl (C=O) groups is 2. The van der Waals surface area contributed by atoms with Crippen molar-refractivity contribution < 1.29 is 23.1 Å². The van der Waals surface area contributed by atoms with Gasteiger partial charge in [0.15, 0.2) is 6.61 Å². The second kappa shape index (κ2) is 7.82. The van der Waals surface area contributed by atoms with E-state index in [0.717, 1.165) is 28.2 Å². The van der Waals surface area contributed by atoms with Crippen LogP contribution in [0.1, 0.15) is 15.9 Å². The molecule has 120 valence electrons. The summed E-state index contributed by atoms with van der Waals surface area (Å²) in [5, 5.41) is 2.55. The second-order valence-electron chi connectivity index (χ2n) is 4.61. The van der Waals surface area contributed by atoms with E-state index in [9.17, 15) is 18.4 Å². The van der Waals surface area contributed by atoms with Gasteiger partial charge in [-0.1, -0.05) is 28.1 Å². The van der Waals surface area contributed by atoms with Crippen LogP contribution in [0.5, 0.6) is 0 Å². The number of halogens is 3. The predicted molar refractivity (Wildman–Crippen MR) is 82.6 cm³/mol. The molecule has 0 saturated carbocycles. The van der Waals surface area contributed by atoms with Gasteiger partial charge in [0.05, 0.1) is 5.56 Å². The second-order valence-corrected chi connectivity index (χ2v) is 5.52. The molecule has 1 amide bonds. The monoisotopic (exact) mass is 383 g/mol. The van der Waals surface area contributed by atoms with Crippen molar-refractivity contribution in [2.75, 3.05) is 6.61 Å². The summed E-state index contributed by atoms with van der Waals surface area (Å²) in [4.78, 5) is 23.2. The van der Waals surface area contributed by atoms with Crippen molar-refractivity contribution in [3.05, 3.63) is 69.7 Å². The van der Waals surface area contributed by atoms with Gasteiger partial charge in [-0.05, 0) is 35.9 Å². The summed E-state index contributed by atoms with van der Waals surface area (Å²) in [5.74, 6) is -3.32. The number of esters is 1. The highest BCUT2D eigenvalue weighted by Gasteiger charge is 2.15. The molecular weight excluding hydrogens is 372 g/mol. The first-order valence-corrected chi connectivity index (χ1v) is 7.38. The average Bonchev–Trinajstić information content (AvgIpc) is 2.53. The molecule has 2 aromatic rings. The van der Waals surface area contributed by atoms with Gasteiger partial charge in [-0.25, -0.2) is 13.6 Å². The van der Waals surface area contributed by atoms with Gasteiger partial charge in [-0.2, -0.15) is 0 Å². The van der Waals surface area contributed by atoms with Crippen LogP contribution in [0, 0.1) is 11.6 Å². The van der Waals surface area contributed by atoms with Crippen LogP contribution in [-0.2, 0) is 16.1 Å². The molecule has 0 unspecified atom stereocenters. The fourth-order valence-corrected chi connectivity index (χ4v) is 2.21. The lowest BCUT2D eigenvalue weighted by Crippen LogP contribution is -2.28. The summed E-state index contributed by atoms with van der Waals surface area (Å²) in [7, 11) is 0. The SMILES string of the molecule is O=C(COC(=O)c1cc(F)ccc1F)NCc1cccc(Br)c1. The van der Waals surface area contributed by atoms with E-state index < -0.39 is 35.7 Å². The van der Waals surface area contributed by atoms with E-state index in [2.05, 4.69) is 26.0 Å². The fraction of sp³-hybridized carbons (Fsp3) is 0.125. The summed E-state index contributed by atoms with van der Waals surface area (Å²) in [6.07, 6.45) is 0. The van der Waals surface area contributed by atoms with Gasteiger partial charge < -0.3 is 10.1 Å². The zero-order valence-corrected chi connectivity index (χ0v) is 13.4. The van der Waals surface area contributed by atoms with Crippen molar-refractivity contribution >= 4 is 27.8 Å². The van der Waals surface area contributed by atoms with Crippen LogP contribution < -0.4 is 5.32 Å². The van der Waals surface area contributed by atoms with Crippen molar-refractivity contribution in [2.45, 2.75) is 6.54 Å². The Morgan fingerprint density at radius 3 is 2.65 bits per heavy atom. The Labute approximate surface area is 139 Å². The molecule has 2 rings (SSSR count). The number of nitrogens with one attached hydrogen (secondary N) is 1. The molecule has 0 bridgehead atoms. The van der Waals surface area contributed by atoms with Crippen molar-refractivity contribution in [1.82, 2.24) is 5.32 Å². The first-order chi connectivity index (χ1) is 11.0. The van der Waals surface area contributed by atoms with Gasteiger partial charge in [-0.15, -0.1) is 0 Å². The highest BCUT2D eigenvalue weighted by molar-refractivity contribution is 9.10. The lowest BCUT2D eigenvalue weighted by Gasteiger charge is -2.07. The zero-order valence-electron chi connectivity index (χ0n) is 11.8. The Morgan fingerprint density at radius 2 is 1.91 bits per heavy atom. The number of amides is 1. The summed E-state index contributed by atoms with van der Waals surface area (Å²) < 4.78 is 31.9. The number of benzene rings is 2. The van der Waals surface area contributed by atoms with E-state index in [-0.39, 0.29) is 6.54 Å². The van der Waals surface area contributed by atoms with Gasteiger partial charge in [0.25, 0.3) is 5.91 Å². The third-order valence-electron chi connectivity index (χ3n) is 2.86. The van der Waals surface area contributed by atoms with Crippen LogP contribution in [0.3, 0.4) is 0 Å². The Morgan fingerprint density at radius 1 is 1.13 bits per heavy atom. The first-order valence-electron chi connectivity index (χ1n) is 6.59. The quantitative estimate of drug-likeness (QED) is 0.806. The molecule has 0 atom stereocenters. The lowest BCUT2D eigenvalue weighted by atomic mass is 10.2. The van der Waals surface area contributed by atoms with Crippen molar-refractivity contribution in [3.8, 4) is 0 Å². The predicted octanol–water partition coefficient (Wildman–Crippen LogP) is 3.20. The molecule has 0 aliphatic heterocycles. The fourth-order valence-electron chi connectivity index (χ4n) is 1.76. The molecule has 23 heavy (non-hydrogen) atoms. The normalized spacial score (nSPS) is 10.2. The van der Waals surface area contributed by atoms with Crippen LogP contribution in [-0.4, -0.2) is 18.5 Å². The Kier molecular flexibility index (Phi) is 5.81. The molecule has 7 heteroatoms. The molecule has 0 fully saturated rings. The molecule has 0 heterocycles. The molecule has 0 saturated heterocycles. The molecule has 0 aliphatic carbocycles. The number of ether oxygens (including phenoxy) is 1. The third kappa shape index (κ3) is 5.14.